The van der Waals surface area contributed by atoms with E-state index in [1.165, 1.54) is 10.4 Å². The van der Waals surface area contributed by atoms with Crippen LogP contribution in [0.5, 0.6) is 0 Å². The van der Waals surface area contributed by atoms with E-state index < -0.39 is 14.4 Å². The molecule has 0 saturated heterocycles. The first-order valence-electron chi connectivity index (χ1n) is 9.87. The number of benzene rings is 2. The molecule has 2 aromatic rings. The number of ether oxygens (including phenoxy) is 1. The quantitative estimate of drug-likeness (QED) is 0.543. The van der Waals surface area contributed by atoms with Crippen LogP contribution in [0, 0.1) is 0 Å². The molecule has 4 heteroatoms. The predicted molar refractivity (Wildman–Crippen MR) is 120 cm³/mol. The second kappa shape index (κ2) is 8.89. The van der Waals surface area contributed by atoms with Crippen LogP contribution in [0.25, 0.3) is 0 Å². The summed E-state index contributed by atoms with van der Waals surface area (Å²) in [6.07, 6.45) is 4.05. The molecule has 2 aromatic carbocycles. The molecule has 1 aliphatic rings. The summed E-state index contributed by atoms with van der Waals surface area (Å²) < 4.78 is 12.7. The lowest BCUT2D eigenvalue weighted by molar-refractivity contribution is -0.130. The zero-order valence-electron chi connectivity index (χ0n) is 17.3. The van der Waals surface area contributed by atoms with E-state index in [2.05, 4.69) is 57.3 Å². The fourth-order valence-electron chi connectivity index (χ4n) is 3.89. The summed E-state index contributed by atoms with van der Waals surface area (Å²) >= 11 is 0. The molecule has 0 bridgehead atoms. The van der Waals surface area contributed by atoms with E-state index in [0.29, 0.717) is 0 Å². The summed E-state index contributed by atoms with van der Waals surface area (Å²) in [7, 11) is -2.70. The molecule has 0 aliphatic carbocycles. The van der Waals surface area contributed by atoms with Gasteiger partial charge in [-0.25, -0.2) is 0 Å². The van der Waals surface area contributed by atoms with Crippen molar-refractivity contribution in [3.05, 3.63) is 91.2 Å². The number of rotatable bonds is 6. The van der Waals surface area contributed by atoms with Gasteiger partial charge in [0.25, 0.3) is 8.32 Å². The number of hydrogen-bond acceptors (Lipinski definition) is 3. The minimum absolute atomic E-state index is 0.0726. The molecule has 0 saturated carbocycles. The molecule has 2 atom stereocenters. The van der Waals surface area contributed by atoms with Crippen molar-refractivity contribution >= 4 is 24.5 Å². The van der Waals surface area contributed by atoms with E-state index in [1.54, 1.807) is 18.2 Å². The van der Waals surface area contributed by atoms with Gasteiger partial charge in [-0.3, -0.25) is 4.79 Å². The van der Waals surface area contributed by atoms with Crippen LogP contribution in [0.1, 0.15) is 20.8 Å². The lowest BCUT2D eigenvalue weighted by Crippen LogP contribution is -2.67. The fourth-order valence-corrected chi connectivity index (χ4v) is 8.45. The SMILES string of the molecule is C=C=C[C@@H]1C=CC(=O)[C@@H](CO[Si](c2ccccc2)(c2ccccc2)C(C)(C)C)O1. The van der Waals surface area contributed by atoms with Crippen molar-refractivity contribution in [1.29, 1.82) is 0 Å². The van der Waals surface area contributed by atoms with Crippen LogP contribution in [-0.2, 0) is 14.0 Å². The smallest absolute Gasteiger partial charge is 0.261 e. The molecule has 29 heavy (non-hydrogen) atoms. The predicted octanol–water partition coefficient (Wildman–Crippen LogP) is 3.80. The van der Waals surface area contributed by atoms with Crippen molar-refractivity contribution in [2.24, 2.45) is 0 Å². The first-order valence-corrected chi connectivity index (χ1v) is 11.8. The lowest BCUT2D eigenvalue weighted by Gasteiger charge is -2.43. The van der Waals surface area contributed by atoms with E-state index in [0.717, 1.165) is 0 Å². The van der Waals surface area contributed by atoms with E-state index >= 15 is 0 Å². The first kappa shape index (κ1) is 21.2. The summed E-state index contributed by atoms with van der Waals surface area (Å²) in [4.78, 5) is 12.5. The topological polar surface area (TPSA) is 35.5 Å². The molecular weight excluding hydrogens is 376 g/mol. The van der Waals surface area contributed by atoms with Crippen LogP contribution >= 0.6 is 0 Å². The molecule has 0 spiro atoms. The zero-order chi connectivity index (χ0) is 20.9. The van der Waals surface area contributed by atoms with Gasteiger partial charge in [0.05, 0.1) is 6.61 Å². The van der Waals surface area contributed by atoms with E-state index in [4.69, 9.17) is 9.16 Å². The highest BCUT2D eigenvalue weighted by molar-refractivity contribution is 6.99. The molecule has 0 amide bonds. The molecule has 150 valence electrons. The van der Waals surface area contributed by atoms with Crippen LogP contribution in [0.3, 0.4) is 0 Å². The summed E-state index contributed by atoms with van der Waals surface area (Å²) in [5, 5.41) is 2.21. The van der Waals surface area contributed by atoms with Crippen molar-refractivity contribution in [1.82, 2.24) is 0 Å². The maximum atomic E-state index is 12.5. The van der Waals surface area contributed by atoms with Gasteiger partial charge in [-0.05, 0) is 33.6 Å². The Bertz CT molecular complexity index is 867. The average molecular weight is 405 g/mol. The Morgan fingerprint density at radius 3 is 2.10 bits per heavy atom. The summed E-state index contributed by atoms with van der Waals surface area (Å²) in [6.45, 7) is 10.4. The molecule has 1 heterocycles. The van der Waals surface area contributed by atoms with Crippen LogP contribution in [0.15, 0.2) is 91.2 Å². The largest absolute Gasteiger partial charge is 0.404 e. The number of ketones is 1. The normalized spacial score (nSPS) is 19.6. The Morgan fingerprint density at radius 2 is 1.62 bits per heavy atom. The Kier molecular flexibility index (Phi) is 6.51. The summed E-state index contributed by atoms with van der Waals surface area (Å²) in [5.74, 6) is -0.0726. The highest BCUT2D eigenvalue weighted by atomic mass is 28.4. The van der Waals surface area contributed by atoms with Gasteiger partial charge in [-0.1, -0.05) is 88.0 Å². The Morgan fingerprint density at radius 1 is 1.07 bits per heavy atom. The average Bonchev–Trinajstić information content (AvgIpc) is 2.71. The number of carbonyl (C=O) groups is 1. The minimum Gasteiger partial charge on any atom is -0.404 e. The van der Waals surface area contributed by atoms with Gasteiger partial charge in [-0.2, -0.15) is 0 Å². The minimum atomic E-state index is -2.70. The van der Waals surface area contributed by atoms with Crippen LogP contribution in [-0.4, -0.2) is 32.9 Å². The van der Waals surface area contributed by atoms with Crippen molar-refractivity contribution in [2.75, 3.05) is 6.61 Å². The summed E-state index contributed by atoms with van der Waals surface area (Å²) in [6, 6.07) is 20.8. The van der Waals surface area contributed by atoms with Crippen molar-refractivity contribution in [3.8, 4) is 0 Å². The van der Waals surface area contributed by atoms with Gasteiger partial charge in [0.2, 0.25) is 0 Å². The standard InChI is InChI=1S/C25H28O3Si/c1-5-12-20-17-18-23(26)24(28-20)19-27-29(25(2,3)4,21-13-8-6-9-14-21)22-15-10-7-11-16-22/h6-18,20,24H,1,19H2,2-4H3/t20-,24-/m1/s1. The van der Waals surface area contributed by atoms with Gasteiger partial charge in [-0.15, -0.1) is 5.73 Å². The van der Waals surface area contributed by atoms with E-state index in [-0.39, 0.29) is 23.5 Å². The summed E-state index contributed by atoms with van der Waals surface area (Å²) in [5.41, 5.74) is 2.73. The highest BCUT2D eigenvalue weighted by Gasteiger charge is 2.50. The van der Waals surface area contributed by atoms with E-state index in [9.17, 15) is 4.79 Å². The van der Waals surface area contributed by atoms with Crippen molar-refractivity contribution < 1.29 is 14.0 Å². The Hall–Kier alpha value is -2.49. The molecule has 1 aliphatic heterocycles. The van der Waals surface area contributed by atoms with Gasteiger partial charge in [0, 0.05) is 0 Å². The molecule has 3 nitrogen and oxygen atoms in total. The van der Waals surface area contributed by atoms with Crippen molar-refractivity contribution in [3.63, 3.8) is 0 Å². The molecule has 0 radical (unpaired) electrons. The van der Waals surface area contributed by atoms with Gasteiger partial charge >= 0.3 is 0 Å². The number of hydrogen-bond donors (Lipinski definition) is 0. The molecular formula is C25H28O3Si. The second-order valence-corrected chi connectivity index (χ2v) is 12.5. The van der Waals surface area contributed by atoms with Gasteiger partial charge < -0.3 is 9.16 Å². The van der Waals surface area contributed by atoms with Crippen LogP contribution < -0.4 is 10.4 Å². The van der Waals surface area contributed by atoms with E-state index in [1.807, 2.05) is 36.4 Å². The Labute approximate surface area is 174 Å². The molecule has 3 rings (SSSR count). The molecule has 0 aromatic heterocycles. The fraction of sp³-hybridized carbons (Fsp3) is 0.280. The molecule has 0 unspecified atom stereocenters. The van der Waals surface area contributed by atoms with Crippen molar-refractivity contribution in [2.45, 2.75) is 38.0 Å². The lowest BCUT2D eigenvalue weighted by atomic mass is 10.1. The maximum Gasteiger partial charge on any atom is 0.261 e. The molecule has 0 fully saturated rings. The monoisotopic (exact) mass is 404 g/mol. The highest BCUT2D eigenvalue weighted by Crippen LogP contribution is 2.37. The zero-order valence-corrected chi connectivity index (χ0v) is 18.3. The first-order chi connectivity index (χ1) is 13.9. The third-order valence-electron chi connectivity index (χ3n) is 5.24. The molecule has 0 N–H and O–H groups in total. The van der Waals surface area contributed by atoms with Crippen LogP contribution in [0.2, 0.25) is 5.04 Å². The Balaban J connectivity index is 2.01. The maximum absolute atomic E-state index is 12.5. The third-order valence-corrected chi connectivity index (χ3v) is 10.2. The van der Waals surface area contributed by atoms with Gasteiger partial charge in [0.1, 0.15) is 12.2 Å². The third kappa shape index (κ3) is 4.41. The number of carbonyl (C=O) groups excluding carboxylic acids is 1. The van der Waals surface area contributed by atoms with Gasteiger partial charge in [0.15, 0.2) is 5.78 Å². The second-order valence-electron chi connectivity index (χ2n) is 8.20. The van der Waals surface area contributed by atoms with Crippen LogP contribution in [0.4, 0.5) is 0 Å².